The van der Waals surface area contributed by atoms with Crippen molar-refractivity contribution in [1.82, 2.24) is 15.4 Å². The van der Waals surface area contributed by atoms with E-state index in [4.69, 9.17) is 27.7 Å². The molecular weight excluding hydrogens is 353 g/mol. The number of carbonyl (C=O) groups excluding carboxylic acids is 1. The molecule has 0 radical (unpaired) electrons. The van der Waals surface area contributed by atoms with Crippen molar-refractivity contribution < 1.29 is 9.32 Å². The van der Waals surface area contributed by atoms with Gasteiger partial charge in [0.25, 0.3) is 5.91 Å². The summed E-state index contributed by atoms with van der Waals surface area (Å²) >= 11 is 11.7. The number of rotatable bonds is 4. The van der Waals surface area contributed by atoms with Gasteiger partial charge < -0.3 is 15.2 Å². The van der Waals surface area contributed by atoms with Gasteiger partial charge in [0, 0.05) is 11.8 Å². The van der Waals surface area contributed by atoms with Gasteiger partial charge in [0.2, 0.25) is 0 Å². The molecular formula is C15H11Cl2N5O2. The van der Waals surface area contributed by atoms with Crippen molar-refractivity contribution in [3.05, 3.63) is 57.9 Å². The van der Waals surface area contributed by atoms with Gasteiger partial charge in [-0.05, 0) is 37.3 Å². The first-order valence-electron chi connectivity index (χ1n) is 6.82. The summed E-state index contributed by atoms with van der Waals surface area (Å²) in [6.07, 6.45) is 0. The lowest BCUT2D eigenvalue weighted by molar-refractivity contribution is 0.102. The van der Waals surface area contributed by atoms with Crippen molar-refractivity contribution in [2.24, 2.45) is 0 Å². The van der Waals surface area contributed by atoms with E-state index in [1.807, 2.05) is 0 Å². The summed E-state index contributed by atoms with van der Waals surface area (Å²) < 4.78 is 4.94. The summed E-state index contributed by atoms with van der Waals surface area (Å²) in [6.45, 7) is 1.78. The lowest BCUT2D eigenvalue weighted by Crippen LogP contribution is -2.14. The molecule has 2 heterocycles. The predicted molar refractivity (Wildman–Crippen MR) is 91.0 cm³/mol. The van der Waals surface area contributed by atoms with Gasteiger partial charge >= 0.3 is 0 Å². The van der Waals surface area contributed by atoms with Gasteiger partial charge in [-0.2, -0.15) is 0 Å². The molecule has 0 unspecified atom stereocenters. The largest absolute Gasteiger partial charge is 0.360 e. The predicted octanol–water partition coefficient (Wildman–Crippen LogP) is 4.08. The maximum Gasteiger partial charge on any atom is 0.276 e. The van der Waals surface area contributed by atoms with E-state index in [-0.39, 0.29) is 5.69 Å². The lowest BCUT2D eigenvalue weighted by Gasteiger charge is -2.06. The number of amides is 1. The van der Waals surface area contributed by atoms with Crippen LogP contribution in [0.3, 0.4) is 0 Å². The number of anilines is 3. The Bertz CT molecular complexity index is 880. The van der Waals surface area contributed by atoms with E-state index in [9.17, 15) is 4.79 Å². The molecule has 0 aliphatic heterocycles. The lowest BCUT2D eigenvalue weighted by atomic mass is 10.3. The molecule has 0 aliphatic rings. The Labute approximate surface area is 147 Å². The zero-order valence-corrected chi connectivity index (χ0v) is 13.9. The highest BCUT2D eigenvalue weighted by Gasteiger charge is 2.10. The molecule has 122 valence electrons. The number of halogens is 2. The van der Waals surface area contributed by atoms with Gasteiger partial charge in [0.15, 0.2) is 17.3 Å². The Morgan fingerprint density at radius 2 is 1.88 bits per heavy atom. The maximum absolute atomic E-state index is 12.1. The van der Waals surface area contributed by atoms with Crippen LogP contribution in [0.25, 0.3) is 0 Å². The van der Waals surface area contributed by atoms with E-state index in [0.717, 1.165) is 0 Å². The number of aromatic nitrogens is 3. The summed E-state index contributed by atoms with van der Waals surface area (Å²) in [7, 11) is 0. The second-order valence-corrected chi connectivity index (χ2v) is 5.65. The fraction of sp³-hybridized carbons (Fsp3) is 0.0667. The molecule has 24 heavy (non-hydrogen) atoms. The van der Waals surface area contributed by atoms with Crippen molar-refractivity contribution in [2.75, 3.05) is 10.6 Å². The first-order valence-corrected chi connectivity index (χ1v) is 7.57. The monoisotopic (exact) mass is 363 g/mol. The number of benzene rings is 1. The second-order valence-electron chi connectivity index (χ2n) is 4.83. The Morgan fingerprint density at radius 3 is 2.50 bits per heavy atom. The van der Waals surface area contributed by atoms with Crippen LogP contribution in [-0.2, 0) is 0 Å². The third kappa shape index (κ3) is 3.81. The molecule has 0 aliphatic carbocycles. The molecule has 0 fully saturated rings. The van der Waals surface area contributed by atoms with Crippen molar-refractivity contribution >= 4 is 46.4 Å². The van der Waals surface area contributed by atoms with E-state index in [1.54, 1.807) is 37.3 Å². The molecule has 2 N–H and O–H groups in total. The average Bonchev–Trinajstić information content (AvgIpc) is 2.96. The Hall–Kier alpha value is -2.64. The van der Waals surface area contributed by atoms with Crippen molar-refractivity contribution in [3.8, 4) is 0 Å². The fourth-order valence-electron chi connectivity index (χ4n) is 1.85. The summed E-state index contributed by atoms with van der Waals surface area (Å²) in [5, 5.41) is 17.9. The number of nitrogens with zero attached hydrogens (tertiary/aromatic N) is 3. The zero-order chi connectivity index (χ0) is 17.1. The van der Waals surface area contributed by atoms with Gasteiger partial charge in [-0.15, -0.1) is 10.2 Å². The topological polar surface area (TPSA) is 92.9 Å². The van der Waals surface area contributed by atoms with Gasteiger partial charge in [-0.1, -0.05) is 28.4 Å². The number of nitrogens with one attached hydrogen (secondary N) is 2. The van der Waals surface area contributed by atoms with Crippen LogP contribution in [0.2, 0.25) is 10.0 Å². The van der Waals surface area contributed by atoms with E-state index in [1.165, 1.54) is 6.07 Å². The molecule has 3 aromatic rings. The van der Waals surface area contributed by atoms with Gasteiger partial charge in [-0.3, -0.25) is 4.79 Å². The van der Waals surface area contributed by atoms with Crippen LogP contribution in [0.15, 0.2) is 40.9 Å². The van der Waals surface area contributed by atoms with Crippen LogP contribution in [0.1, 0.15) is 16.2 Å². The molecule has 1 aromatic carbocycles. The SMILES string of the molecule is Cc1cc(Nc2ccc(C(=O)Nc3ccc(Cl)c(Cl)c3)nn2)no1. The molecule has 2 aromatic heterocycles. The Kier molecular flexibility index (Phi) is 4.64. The Balaban J connectivity index is 1.68. The van der Waals surface area contributed by atoms with Crippen LogP contribution in [0.5, 0.6) is 0 Å². The van der Waals surface area contributed by atoms with E-state index in [0.29, 0.717) is 33.1 Å². The molecule has 0 atom stereocenters. The van der Waals surface area contributed by atoms with Gasteiger partial charge in [0.1, 0.15) is 5.76 Å². The normalized spacial score (nSPS) is 10.5. The zero-order valence-electron chi connectivity index (χ0n) is 12.4. The highest BCUT2D eigenvalue weighted by molar-refractivity contribution is 6.42. The highest BCUT2D eigenvalue weighted by atomic mass is 35.5. The van der Waals surface area contributed by atoms with E-state index < -0.39 is 5.91 Å². The number of hydrogen-bond acceptors (Lipinski definition) is 6. The van der Waals surface area contributed by atoms with Crippen LogP contribution in [0.4, 0.5) is 17.3 Å². The maximum atomic E-state index is 12.1. The van der Waals surface area contributed by atoms with Crippen LogP contribution in [0, 0.1) is 6.92 Å². The molecule has 9 heteroatoms. The molecule has 0 saturated carbocycles. The second kappa shape index (κ2) is 6.86. The minimum absolute atomic E-state index is 0.156. The smallest absolute Gasteiger partial charge is 0.276 e. The molecule has 0 bridgehead atoms. The highest BCUT2D eigenvalue weighted by Crippen LogP contribution is 2.25. The minimum Gasteiger partial charge on any atom is -0.360 e. The van der Waals surface area contributed by atoms with Gasteiger partial charge in [0.05, 0.1) is 10.0 Å². The first kappa shape index (κ1) is 16.2. The quantitative estimate of drug-likeness (QED) is 0.725. The first-order chi connectivity index (χ1) is 11.5. The molecule has 1 amide bonds. The van der Waals surface area contributed by atoms with E-state index >= 15 is 0 Å². The standard InChI is InChI=1S/C15H11Cl2N5O2/c1-8-6-14(22-24-8)19-13-5-4-12(20-21-13)15(23)18-9-2-3-10(16)11(17)7-9/h2-7H,1H3,(H,18,23)(H,19,21,22). The summed E-state index contributed by atoms with van der Waals surface area (Å²) in [5.41, 5.74) is 0.666. The third-order valence-corrected chi connectivity index (χ3v) is 3.70. The summed E-state index contributed by atoms with van der Waals surface area (Å²) in [5.74, 6) is 1.21. The summed E-state index contributed by atoms with van der Waals surface area (Å²) in [4.78, 5) is 12.1. The summed E-state index contributed by atoms with van der Waals surface area (Å²) in [6, 6.07) is 9.65. The number of aryl methyl sites for hydroxylation is 1. The van der Waals surface area contributed by atoms with Crippen molar-refractivity contribution in [2.45, 2.75) is 6.92 Å². The Morgan fingerprint density at radius 1 is 1.04 bits per heavy atom. The number of carbonyl (C=O) groups is 1. The van der Waals surface area contributed by atoms with Crippen LogP contribution >= 0.6 is 23.2 Å². The number of hydrogen-bond donors (Lipinski definition) is 2. The average molecular weight is 364 g/mol. The van der Waals surface area contributed by atoms with Crippen LogP contribution in [-0.4, -0.2) is 21.3 Å². The van der Waals surface area contributed by atoms with E-state index in [2.05, 4.69) is 26.0 Å². The molecule has 3 rings (SSSR count). The van der Waals surface area contributed by atoms with Gasteiger partial charge in [-0.25, -0.2) is 0 Å². The minimum atomic E-state index is -0.412. The van der Waals surface area contributed by atoms with Crippen LogP contribution < -0.4 is 10.6 Å². The van der Waals surface area contributed by atoms with Crippen molar-refractivity contribution in [3.63, 3.8) is 0 Å². The molecule has 0 spiro atoms. The molecule has 7 nitrogen and oxygen atoms in total. The molecule has 0 saturated heterocycles. The fourth-order valence-corrected chi connectivity index (χ4v) is 2.14. The third-order valence-electron chi connectivity index (χ3n) is 2.96. The van der Waals surface area contributed by atoms with Crippen molar-refractivity contribution in [1.29, 1.82) is 0 Å².